The molecule has 3 nitrogen and oxygen atoms in total. The summed E-state index contributed by atoms with van der Waals surface area (Å²) in [6.07, 6.45) is 3.95. The van der Waals surface area contributed by atoms with Gasteiger partial charge in [0.25, 0.3) is 0 Å². The van der Waals surface area contributed by atoms with Crippen LogP contribution in [-0.4, -0.2) is 24.7 Å². The van der Waals surface area contributed by atoms with Gasteiger partial charge in [-0.2, -0.15) is 0 Å². The molecule has 0 amide bonds. The zero-order chi connectivity index (χ0) is 12.9. The quantitative estimate of drug-likeness (QED) is 0.824. The molecular formula is C14H24N2O. The van der Waals surface area contributed by atoms with E-state index in [9.17, 15) is 0 Å². The van der Waals surface area contributed by atoms with E-state index in [0.29, 0.717) is 6.04 Å². The number of hydrogen-bond acceptors (Lipinski definition) is 3. The topological polar surface area (TPSA) is 34.1 Å². The second-order valence-electron chi connectivity index (χ2n) is 5.07. The Balaban J connectivity index is 2.66. The maximum absolute atomic E-state index is 5.45. The Kier molecular flexibility index (Phi) is 5.09. The number of nitrogens with zero attached hydrogens (tertiary/aromatic N) is 1. The lowest BCUT2D eigenvalue weighted by Gasteiger charge is -2.26. The summed E-state index contributed by atoms with van der Waals surface area (Å²) in [6.45, 7) is 6.27. The van der Waals surface area contributed by atoms with Gasteiger partial charge in [0, 0.05) is 25.0 Å². The van der Waals surface area contributed by atoms with E-state index < -0.39 is 0 Å². The van der Waals surface area contributed by atoms with Crippen molar-refractivity contribution in [1.82, 2.24) is 10.3 Å². The van der Waals surface area contributed by atoms with Crippen LogP contribution >= 0.6 is 0 Å². The molecule has 1 aromatic rings. The smallest absolute Gasteiger partial charge is 0.0623 e. The van der Waals surface area contributed by atoms with Gasteiger partial charge < -0.3 is 10.1 Å². The lowest BCUT2D eigenvalue weighted by Crippen LogP contribution is -2.26. The summed E-state index contributed by atoms with van der Waals surface area (Å²) in [7, 11) is 3.77. The van der Waals surface area contributed by atoms with Crippen molar-refractivity contribution in [3.05, 3.63) is 29.6 Å². The van der Waals surface area contributed by atoms with Gasteiger partial charge in [-0.15, -0.1) is 0 Å². The third-order valence-corrected chi connectivity index (χ3v) is 3.26. The summed E-state index contributed by atoms with van der Waals surface area (Å²) in [5.74, 6) is 0. The van der Waals surface area contributed by atoms with Gasteiger partial charge in [0.1, 0.15) is 0 Å². The maximum atomic E-state index is 5.45. The van der Waals surface area contributed by atoms with Crippen molar-refractivity contribution in [3.63, 3.8) is 0 Å². The molecule has 0 saturated carbocycles. The van der Waals surface area contributed by atoms with Crippen LogP contribution < -0.4 is 5.32 Å². The van der Waals surface area contributed by atoms with Crippen LogP contribution in [0.2, 0.25) is 0 Å². The predicted octanol–water partition coefficient (Wildman–Crippen LogP) is 2.86. The second kappa shape index (κ2) is 6.12. The molecule has 3 heteroatoms. The van der Waals surface area contributed by atoms with Gasteiger partial charge in [-0.1, -0.05) is 0 Å². The molecule has 0 saturated heterocycles. The minimum Gasteiger partial charge on any atom is -0.379 e. The van der Waals surface area contributed by atoms with E-state index >= 15 is 0 Å². The highest BCUT2D eigenvalue weighted by Crippen LogP contribution is 2.24. The lowest BCUT2D eigenvalue weighted by molar-refractivity contribution is 0.0118. The van der Waals surface area contributed by atoms with Crippen molar-refractivity contribution < 1.29 is 4.74 Å². The SMILES string of the molecule is CNC(CCC(C)(C)OC)c1ccnc(C)c1. The third-order valence-electron chi connectivity index (χ3n) is 3.26. The summed E-state index contributed by atoms with van der Waals surface area (Å²) in [5.41, 5.74) is 2.30. The summed E-state index contributed by atoms with van der Waals surface area (Å²) in [4.78, 5) is 4.23. The van der Waals surface area contributed by atoms with E-state index in [2.05, 4.69) is 36.3 Å². The molecule has 1 heterocycles. The Morgan fingerprint density at radius 2 is 2.18 bits per heavy atom. The zero-order valence-electron chi connectivity index (χ0n) is 11.6. The number of hydrogen-bond donors (Lipinski definition) is 1. The van der Waals surface area contributed by atoms with E-state index in [1.54, 1.807) is 7.11 Å². The average Bonchev–Trinajstić information content (AvgIpc) is 2.30. The Morgan fingerprint density at radius 1 is 1.47 bits per heavy atom. The molecule has 1 atom stereocenters. The number of aromatic nitrogens is 1. The molecule has 0 spiro atoms. The number of rotatable bonds is 6. The first-order valence-electron chi connectivity index (χ1n) is 6.13. The normalized spacial score (nSPS) is 13.7. The molecule has 1 unspecified atom stereocenters. The fourth-order valence-electron chi connectivity index (χ4n) is 1.86. The fourth-order valence-corrected chi connectivity index (χ4v) is 1.86. The summed E-state index contributed by atoms with van der Waals surface area (Å²) >= 11 is 0. The number of pyridine rings is 1. The first-order valence-corrected chi connectivity index (χ1v) is 6.13. The van der Waals surface area contributed by atoms with Crippen LogP contribution in [0.3, 0.4) is 0 Å². The Bertz CT molecular complexity index is 350. The maximum Gasteiger partial charge on any atom is 0.0623 e. The summed E-state index contributed by atoms with van der Waals surface area (Å²) in [6, 6.07) is 4.58. The molecule has 96 valence electrons. The summed E-state index contributed by atoms with van der Waals surface area (Å²) < 4.78 is 5.45. The molecular weight excluding hydrogens is 212 g/mol. The van der Waals surface area contributed by atoms with Crippen LogP contribution in [0.1, 0.15) is 44.0 Å². The molecule has 17 heavy (non-hydrogen) atoms. The van der Waals surface area contributed by atoms with Gasteiger partial charge in [0.2, 0.25) is 0 Å². The van der Waals surface area contributed by atoms with Crippen molar-refractivity contribution in [3.8, 4) is 0 Å². The monoisotopic (exact) mass is 236 g/mol. The van der Waals surface area contributed by atoms with Crippen molar-refractivity contribution >= 4 is 0 Å². The second-order valence-corrected chi connectivity index (χ2v) is 5.07. The van der Waals surface area contributed by atoms with Gasteiger partial charge in [-0.25, -0.2) is 0 Å². The van der Waals surface area contributed by atoms with Crippen LogP contribution in [0.4, 0.5) is 0 Å². The van der Waals surface area contributed by atoms with Crippen molar-refractivity contribution in [2.75, 3.05) is 14.2 Å². The molecule has 0 bridgehead atoms. The molecule has 0 aliphatic rings. The molecule has 1 rings (SSSR count). The van der Waals surface area contributed by atoms with E-state index in [1.807, 2.05) is 20.2 Å². The average molecular weight is 236 g/mol. The Labute approximate surface area is 105 Å². The van der Waals surface area contributed by atoms with Crippen molar-refractivity contribution in [2.24, 2.45) is 0 Å². The summed E-state index contributed by atoms with van der Waals surface area (Å²) in [5, 5.41) is 3.36. The first kappa shape index (κ1) is 14.1. The minimum atomic E-state index is -0.0584. The number of nitrogens with one attached hydrogen (secondary N) is 1. The van der Waals surface area contributed by atoms with Gasteiger partial charge in [-0.3, -0.25) is 4.98 Å². The van der Waals surface area contributed by atoms with Gasteiger partial charge in [-0.05, 0) is 58.4 Å². The van der Waals surface area contributed by atoms with E-state index in [1.165, 1.54) is 5.56 Å². The van der Waals surface area contributed by atoms with E-state index in [0.717, 1.165) is 18.5 Å². The number of aryl methyl sites for hydroxylation is 1. The molecule has 0 aliphatic carbocycles. The van der Waals surface area contributed by atoms with Crippen LogP contribution in [-0.2, 0) is 4.74 Å². The van der Waals surface area contributed by atoms with Crippen LogP contribution in [0.25, 0.3) is 0 Å². The van der Waals surface area contributed by atoms with Crippen LogP contribution in [0.5, 0.6) is 0 Å². The molecule has 1 aromatic heterocycles. The first-order chi connectivity index (χ1) is 7.98. The largest absolute Gasteiger partial charge is 0.379 e. The molecule has 0 aromatic carbocycles. The molecule has 0 aliphatic heterocycles. The third kappa shape index (κ3) is 4.44. The zero-order valence-corrected chi connectivity index (χ0v) is 11.6. The highest BCUT2D eigenvalue weighted by Gasteiger charge is 2.19. The van der Waals surface area contributed by atoms with E-state index in [-0.39, 0.29) is 5.60 Å². The fraction of sp³-hybridized carbons (Fsp3) is 0.643. The molecule has 1 N–H and O–H groups in total. The van der Waals surface area contributed by atoms with Gasteiger partial charge in [0.05, 0.1) is 5.60 Å². The molecule has 0 radical (unpaired) electrons. The van der Waals surface area contributed by atoms with E-state index in [4.69, 9.17) is 4.74 Å². The highest BCUT2D eigenvalue weighted by atomic mass is 16.5. The highest BCUT2D eigenvalue weighted by molar-refractivity contribution is 5.19. The van der Waals surface area contributed by atoms with Gasteiger partial charge >= 0.3 is 0 Å². The standard InChI is InChI=1S/C14H24N2O/c1-11-10-12(7-9-16-11)13(15-4)6-8-14(2,3)17-5/h7,9-10,13,15H,6,8H2,1-5H3. The van der Waals surface area contributed by atoms with Crippen LogP contribution in [0, 0.1) is 6.92 Å². The van der Waals surface area contributed by atoms with Crippen molar-refractivity contribution in [1.29, 1.82) is 0 Å². The van der Waals surface area contributed by atoms with Crippen LogP contribution in [0.15, 0.2) is 18.3 Å². The predicted molar refractivity (Wildman–Crippen MR) is 71.1 cm³/mol. The Hall–Kier alpha value is -0.930. The van der Waals surface area contributed by atoms with Crippen molar-refractivity contribution in [2.45, 2.75) is 45.3 Å². The Morgan fingerprint density at radius 3 is 2.71 bits per heavy atom. The lowest BCUT2D eigenvalue weighted by atomic mass is 9.95. The van der Waals surface area contributed by atoms with Gasteiger partial charge in [0.15, 0.2) is 0 Å². The molecule has 0 fully saturated rings. The number of ether oxygens (including phenoxy) is 1. The minimum absolute atomic E-state index is 0.0584. The number of methoxy groups -OCH3 is 1.